The standard InChI is InChI=1S/C22H33ClN4O5/c1-20(2,3)31-17(28)16-15(23)13-27(24-16)18(29)25-10-7-22(8-11-25)9-12-26(14-22)19(30)32-21(4,5)6/h13H,7-12,14H2,1-6H3. The average Bonchev–Trinajstić information content (AvgIpc) is 3.23. The first-order chi connectivity index (χ1) is 14.7. The van der Waals surface area contributed by atoms with Gasteiger partial charge in [0, 0.05) is 26.2 Å². The van der Waals surface area contributed by atoms with Crippen LogP contribution in [0.3, 0.4) is 0 Å². The van der Waals surface area contributed by atoms with Crippen molar-refractivity contribution < 1.29 is 23.9 Å². The second-order valence-corrected chi connectivity index (χ2v) is 11.1. The summed E-state index contributed by atoms with van der Waals surface area (Å²) in [6.07, 6.45) is 3.52. The highest BCUT2D eigenvalue weighted by Crippen LogP contribution is 2.41. The van der Waals surface area contributed by atoms with Crippen LogP contribution in [0.5, 0.6) is 0 Å². The number of piperidine rings is 1. The Hall–Kier alpha value is -2.29. The molecule has 0 saturated carbocycles. The van der Waals surface area contributed by atoms with Gasteiger partial charge < -0.3 is 19.3 Å². The van der Waals surface area contributed by atoms with Gasteiger partial charge in [-0.25, -0.2) is 14.4 Å². The molecule has 1 aromatic rings. The monoisotopic (exact) mass is 468 g/mol. The molecule has 0 aliphatic carbocycles. The van der Waals surface area contributed by atoms with Crippen LogP contribution < -0.4 is 0 Å². The number of likely N-dealkylation sites (tertiary alicyclic amines) is 2. The molecule has 2 amide bonds. The van der Waals surface area contributed by atoms with Crippen molar-refractivity contribution in [3.05, 3.63) is 16.9 Å². The van der Waals surface area contributed by atoms with Gasteiger partial charge in [0.1, 0.15) is 11.2 Å². The smallest absolute Gasteiger partial charge is 0.410 e. The molecule has 32 heavy (non-hydrogen) atoms. The fourth-order valence-electron chi connectivity index (χ4n) is 4.06. The van der Waals surface area contributed by atoms with E-state index in [2.05, 4.69) is 5.10 Å². The minimum Gasteiger partial charge on any atom is -0.455 e. The van der Waals surface area contributed by atoms with E-state index in [9.17, 15) is 14.4 Å². The molecule has 2 saturated heterocycles. The molecule has 0 unspecified atom stereocenters. The van der Waals surface area contributed by atoms with E-state index < -0.39 is 17.2 Å². The molecule has 3 heterocycles. The van der Waals surface area contributed by atoms with Crippen LogP contribution in [0.15, 0.2) is 6.20 Å². The molecule has 2 aliphatic rings. The van der Waals surface area contributed by atoms with Gasteiger partial charge in [0.05, 0.1) is 11.2 Å². The third-order valence-electron chi connectivity index (χ3n) is 5.64. The summed E-state index contributed by atoms with van der Waals surface area (Å²) in [5.41, 5.74) is -1.29. The molecule has 0 aromatic carbocycles. The van der Waals surface area contributed by atoms with E-state index in [1.54, 1.807) is 30.6 Å². The maximum atomic E-state index is 12.9. The number of rotatable bonds is 1. The Morgan fingerprint density at radius 1 is 0.938 bits per heavy atom. The topological polar surface area (TPSA) is 94.0 Å². The molecular formula is C22H33ClN4O5. The van der Waals surface area contributed by atoms with Gasteiger partial charge in [-0.2, -0.15) is 9.78 Å². The van der Waals surface area contributed by atoms with Gasteiger partial charge in [-0.3, -0.25) is 0 Å². The number of halogens is 1. The second-order valence-electron chi connectivity index (χ2n) is 10.7. The predicted molar refractivity (Wildman–Crippen MR) is 119 cm³/mol. The summed E-state index contributed by atoms with van der Waals surface area (Å²) >= 11 is 6.14. The molecule has 1 aromatic heterocycles. The maximum absolute atomic E-state index is 12.9. The highest BCUT2D eigenvalue weighted by atomic mass is 35.5. The zero-order valence-corrected chi connectivity index (χ0v) is 20.5. The Balaban J connectivity index is 1.59. The van der Waals surface area contributed by atoms with Crippen molar-refractivity contribution in [3.8, 4) is 0 Å². The first kappa shape index (κ1) is 24.4. The molecule has 0 atom stereocenters. The van der Waals surface area contributed by atoms with Crippen molar-refractivity contribution in [3.63, 3.8) is 0 Å². The Kier molecular flexibility index (Phi) is 6.52. The number of aromatic nitrogens is 2. The molecule has 1 spiro atoms. The van der Waals surface area contributed by atoms with E-state index in [1.165, 1.54) is 6.20 Å². The van der Waals surface area contributed by atoms with Gasteiger partial charge in [0.2, 0.25) is 0 Å². The van der Waals surface area contributed by atoms with Crippen molar-refractivity contribution in [2.45, 2.75) is 72.0 Å². The van der Waals surface area contributed by atoms with Crippen molar-refractivity contribution in [1.82, 2.24) is 19.6 Å². The lowest BCUT2D eigenvalue weighted by Crippen LogP contribution is -2.46. The lowest BCUT2D eigenvalue weighted by Gasteiger charge is -2.39. The van der Waals surface area contributed by atoms with Gasteiger partial charge in [-0.1, -0.05) is 11.6 Å². The van der Waals surface area contributed by atoms with E-state index in [0.717, 1.165) is 23.9 Å². The summed E-state index contributed by atoms with van der Waals surface area (Å²) in [7, 11) is 0. The molecule has 0 N–H and O–H groups in total. The summed E-state index contributed by atoms with van der Waals surface area (Å²) < 4.78 is 11.9. The number of ether oxygens (including phenoxy) is 2. The van der Waals surface area contributed by atoms with E-state index in [4.69, 9.17) is 21.1 Å². The maximum Gasteiger partial charge on any atom is 0.410 e. The van der Waals surface area contributed by atoms with Crippen LogP contribution in [0.2, 0.25) is 5.02 Å². The zero-order valence-electron chi connectivity index (χ0n) is 19.7. The number of hydrogen-bond donors (Lipinski definition) is 0. The summed E-state index contributed by atoms with van der Waals surface area (Å²) in [5, 5.41) is 4.15. The number of carbonyl (C=O) groups is 3. The highest BCUT2D eigenvalue weighted by Gasteiger charge is 2.44. The lowest BCUT2D eigenvalue weighted by molar-refractivity contribution is 0.00617. The van der Waals surface area contributed by atoms with Crippen molar-refractivity contribution in [2.24, 2.45) is 5.41 Å². The minimum atomic E-state index is -0.691. The molecule has 178 valence electrons. The number of esters is 1. The number of hydrogen-bond acceptors (Lipinski definition) is 6. The van der Waals surface area contributed by atoms with Crippen LogP contribution >= 0.6 is 11.6 Å². The third kappa shape index (κ3) is 5.74. The molecule has 0 bridgehead atoms. The average molecular weight is 469 g/mol. The number of amides is 2. The minimum absolute atomic E-state index is 0.00286. The van der Waals surface area contributed by atoms with E-state index in [1.807, 2.05) is 20.8 Å². The fraction of sp³-hybridized carbons (Fsp3) is 0.727. The van der Waals surface area contributed by atoms with Gasteiger partial charge in [-0.15, -0.1) is 0 Å². The summed E-state index contributed by atoms with van der Waals surface area (Å²) in [6.45, 7) is 13.2. The quantitative estimate of drug-likeness (QED) is 0.574. The highest BCUT2D eigenvalue weighted by molar-refractivity contribution is 6.33. The second kappa shape index (κ2) is 8.57. The molecule has 9 nitrogen and oxygen atoms in total. The molecule has 2 fully saturated rings. The van der Waals surface area contributed by atoms with E-state index in [-0.39, 0.29) is 28.3 Å². The molecule has 2 aliphatic heterocycles. The fourth-order valence-corrected chi connectivity index (χ4v) is 4.27. The van der Waals surface area contributed by atoms with Crippen molar-refractivity contribution >= 4 is 29.7 Å². The summed E-state index contributed by atoms with van der Waals surface area (Å²) in [6, 6.07) is -0.335. The van der Waals surface area contributed by atoms with Crippen LogP contribution in [-0.4, -0.2) is 75.1 Å². The van der Waals surface area contributed by atoms with Crippen LogP contribution in [0, 0.1) is 5.41 Å². The third-order valence-corrected chi connectivity index (χ3v) is 5.92. The summed E-state index contributed by atoms with van der Waals surface area (Å²) in [5.74, 6) is -0.667. The molecular weight excluding hydrogens is 436 g/mol. The number of carbonyl (C=O) groups excluding carboxylic acids is 3. The normalized spacial score (nSPS) is 18.7. The lowest BCUT2D eigenvalue weighted by atomic mass is 9.78. The first-order valence-corrected chi connectivity index (χ1v) is 11.3. The van der Waals surface area contributed by atoms with Crippen LogP contribution in [-0.2, 0) is 9.47 Å². The number of nitrogens with zero attached hydrogens (tertiary/aromatic N) is 4. The summed E-state index contributed by atoms with van der Waals surface area (Å²) in [4.78, 5) is 41.1. The van der Waals surface area contributed by atoms with Crippen molar-refractivity contribution in [2.75, 3.05) is 26.2 Å². The Morgan fingerprint density at radius 2 is 1.47 bits per heavy atom. The molecule has 10 heteroatoms. The Bertz CT molecular complexity index is 891. The van der Waals surface area contributed by atoms with Crippen molar-refractivity contribution in [1.29, 1.82) is 0 Å². The molecule has 0 radical (unpaired) electrons. The van der Waals surface area contributed by atoms with Gasteiger partial charge in [0.25, 0.3) is 0 Å². The predicted octanol–water partition coefficient (Wildman–Crippen LogP) is 4.18. The zero-order chi connectivity index (χ0) is 23.9. The van der Waals surface area contributed by atoms with Crippen LogP contribution in [0.4, 0.5) is 9.59 Å². The van der Waals surface area contributed by atoms with Gasteiger partial charge in [-0.05, 0) is 66.2 Å². The van der Waals surface area contributed by atoms with E-state index >= 15 is 0 Å². The Morgan fingerprint density at radius 3 is 2.00 bits per heavy atom. The van der Waals surface area contributed by atoms with Crippen LogP contribution in [0.25, 0.3) is 0 Å². The Labute approximate surface area is 193 Å². The SMILES string of the molecule is CC(C)(C)OC(=O)c1nn(C(=O)N2CCC3(CCN(C(=O)OC(C)(C)C)C3)CC2)cc1Cl. The van der Waals surface area contributed by atoms with Gasteiger partial charge in [0.15, 0.2) is 5.69 Å². The van der Waals surface area contributed by atoms with E-state index in [0.29, 0.717) is 26.2 Å². The molecule has 3 rings (SSSR count). The van der Waals surface area contributed by atoms with Gasteiger partial charge >= 0.3 is 18.1 Å². The first-order valence-electron chi connectivity index (χ1n) is 10.9. The largest absolute Gasteiger partial charge is 0.455 e. The van der Waals surface area contributed by atoms with Crippen LogP contribution in [0.1, 0.15) is 71.3 Å².